The molecular formula is C28H39N5O3. The summed E-state index contributed by atoms with van der Waals surface area (Å²) in [6.07, 6.45) is 5.14. The quantitative estimate of drug-likeness (QED) is 0.598. The van der Waals surface area contributed by atoms with Gasteiger partial charge in [-0.15, -0.1) is 0 Å². The van der Waals surface area contributed by atoms with Crippen LogP contribution in [0, 0.1) is 5.92 Å². The van der Waals surface area contributed by atoms with Gasteiger partial charge in [0, 0.05) is 58.1 Å². The molecule has 8 nitrogen and oxygen atoms in total. The zero-order chi connectivity index (χ0) is 25.2. The molecule has 36 heavy (non-hydrogen) atoms. The Balaban J connectivity index is 1.23. The maximum absolute atomic E-state index is 12.9. The highest BCUT2D eigenvalue weighted by Gasteiger charge is 2.28. The average molecular weight is 494 g/mol. The lowest BCUT2D eigenvalue weighted by Gasteiger charge is -2.37. The fourth-order valence-corrected chi connectivity index (χ4v) is 5.12. The first-order valence-electron chi connectivity index (χ1n) is 13.2. The Labute approximate surface area is 214 Å². The van der Waals surface area contributed by atoms with Gasteiger partial charge in [-0.1, -0.05) is 36.4 Å². The standard InChI is InChI=1S/C28H39N5O3/c1-2-36-28(35)33-18-13-25(14-19-33)30-27(34)32-16-11-24(12-17-32)21-31(20-23-8-4-3-5-9-23)22-26-10-6-7-15-29-26/h3-10,15,24-25H,2,11-14,16-22H2,1H3,(H,30,34). The highest BCUT2D eigenvalue weighted by atomic mass is 16.6. The van der Waals surface area contributed by atoms with Gasteiger partial charge < -0.3 is 19.9 Å². The average Bonchev–Trinajstić information content (AvgIpc) is 2.91. The molecule has 1 aromatic heterocycles. The number of nitrogens with zero attached hydrogens (tertiary/aromatic N) is 4. The number of pyridine rings is 1. The van der Waals surface area contributed by atoms with E-state index < -0.39 is 0 Å². The van der Waals surface area contributed by atoms with Crippen molar-refractivity contribution in [2.45, 2.75) is 51.7 Å². The van der Waals surface area contributed by atoms with E-state index in [1.54, 1.807) is 4.90 Å². The topological polar surface area (TPSA) is 78.0 Å². The smallest absolute Gasteiger partial charge is 0.409 e. The first-order valence-corrected chi connectivity index (χ1v) is 13.2. The molecule has 194 valence electrons. The molecule has 0 saturated carbocycles. The Kier molecular flexibility index (Phi) is 9.55. The molecule has 2 fully saturated rings. The molecule has 1 aromatic carbocycles. The van der Waals surface area contributed by atoms with Crippen LogP contribution in [0.5, 0.6) is 0 Å². The Bertz CT molecular complexity index is 901. The largest absolute Gasteiger partial charge is 0.450 e. The molecule has 0 bridgehead atoms. The second-order valence-corrected chi connectivity index (χ2v) is 9.82. The minimum atomic E-state index is -0.256. The molecule has 4 rings (SSSR count). The molecule has 1 N–H and O–H groups in total. The summed E-state index contributed by atoms with van der Waals surface area (Å²) in [5, 5.41) is 3.19. The molecule has 0 spiro atoms. The van der Waals surface area contributed by atoms with E-state index in [0.29, 0.717) is 25.6 Å². The minimum Gasteiger partial charge on any atom is -0.450 e. The fraction of sp³-hybridized carbons (Fsp3) is 0.536. The summed E-state index contributed by atoms with van der Waals surface area (Å²) in [5.41, 5.74) is 2.39. The molecule has 0 radical (unpaired) electrons. The van der Waals surface area contributed by atoms with Gasteiger partial charge in [0.05, 0.1) is 12.3 Å². The molecular weight excluding hydrogens is 454 g/mol. The van der Waals surface area contributed by atoms with E-state index in [1.807, 2.05) is 30.2 Å². The number of rotatable bonds is 8. The number of benzene rings is 1. The molecule has 2 saturated heterocycles. The van der Waals surface area contributed by atoms with Crippen LogP contribution in [0.25, 0.3) is 0 Å². The Morgan fingerprint density at radius 1 is 0.944 bits per heavy atom. The molecule has 0 unspecified atom stereocenters. The predicted octanol–water partition coefficient (Wildman–Crippen LogP) is 4.13. The number of amides is 3. The summed E-state index contributed by atoms with van der Waals surface area (Å²) < 4.78 is 5.08. The number of nitrogens with one attached hydrogen (secondary N) is 1. The van der Waals surface area contributed by atoms with Crippen LogP contribution in [0.3, 0.4) is 0 Å². The lowest BCUT2D eigenvalue weighted by Crippen LogP contribution is -2.52. The van der Waals surface area contributed by atoms with E-state index in [-0.39, 0.29) is 18.2 Å². The third-order valence-corrected chi connectivity index (χ3v) is 7.13. The Hall–Kier alpha value is -3.13. The lowest BCUT2D eigenvalue weighted by atomic mass is 9.96. The van der Waals surface area contributed by atoms with Crippen LogP contribution in [0.15, 0.2) is 54.7 Å². The van der Waals surface area contributed by atoms with Crippen molar-refractivity contribution in [3.63, 3.8) is 0 Å². The Morgan fingerprint density at radius 3 is 2.31 bits per heavy atom. The van der Waals surface area contributed by atoms with Crippen LogP contribution in [-0.4, -0.2) is 77.2 Å². The van der Waals surface area contributed by atoms with Crippen LogP contribution < -0.4 is 5.32 Å². The number of hydrogen-bond donors (Lipinski definition) is 1. The van der Waals surface area contributed by atoms with Gasteiger partial charge in [-0.3, -0.25) is 9.88 Å². The zero-order valence-corrected chi connectivity index (χ0v) is 21.3. The van der Waals surface area contributed by atoms with Crippen molar-refractivity contribution in [1.29, 1.82) is 0 Å². The number of carbonyl (C=O) groups is 2. The van der Waals surface area contributed by atoms with Crippen LogP contribution >= 0.6 is 0 Å². The second-order valence-electron chi connectivity index (χ2n) is 9.82. The molecule has 2 aliphatic heterocycles. The van der Waals surface area contributed by atoms with E-state index in [2.05, 4.69) is 51.6 Å². The van der Waals surface area contributed by atoms with Gasteiger partial charge in [0.2, 0.25) is 0 Å². The first-order chi connectivity index (χ1) is 17.6. The third kappa shape index (κ3) is 7.68. The van der Waals surface area contributed by atoms with Gasteiger partial charge in [-0.2, -0.15) is 0 Å². The molecule has 2 aliphatic rings. The fourth-order valence-electron chi connectivity index (χ4n) is 5.12. The van der Waals surface area contributed by atoms with E-state index >= 15 is 0 Å². The van der Waals surface area contributed by atoms with Crippen molar-refractivity contribution >= 4 is 12.1 Å². The van der Waals surface area contributed by atoms with Crippen LogP contribution in [0.4, 0.5) is 9.59 Å². The van der Waals surface area contributed by atoms with Gasteiger partial charge in [-0.25, -0.2) is 9.59 Å². The number of carbonyl (C=O) groups excluding carboxylic acids is 2. The normalized spacial score (nSPS) is 17.3. The van der Waals surface area contributed by atoms with Crippen molar-refractivity contribution < 1.29 is 14.3 Å². The summed E-state index contributed by atoms with van der Waals surface area (Å²) in [6, 6.07) is 16.8. The van der Waals surface area contributed by atoms with Crippen LogP contribution in [-0.2, 0) is 17.8 Å². The summed E-state index contributed by atoms with van der Waals surface area (Å²) in [6.45, 7) is 7.71. The predicted molar refractivity (Wildman–Crippen MR) is 139 cm³/mol. The molecule has 0 aliphatic carbocycles. The summed E-state index contributed by atoms with van der Waals surface area (Å²) in [7, 11) is 0. The number of ether oxygens (including phenoxy) is 1. The molecule has 3 amide bonds. The van der Waals surface area contributed by atoms with E-state index in [1.165, 1.54) is 5.56 Å². The molecule has 8 heteroatoms. The summed E-state index contributed by atoms with van der Waals surface area (Å²) >= 11 is 0. The van der Waals surface area contributed by atoms with Crippen molar-refractivity contribution in [2.24, 2.45) is 5.92 Å². The maximum atomic E-state index is 12.9. The zero-order valence-electron chi connectivity index (χ0n) is 21.3. The van der Waals surface area contributed by atoms with Gasteiger partial charge in [0.1, 0.15) is 0 Å². The first kappa shape index (κ1) is 25.9. The second kappa shape index (κ2) is 13.3. The van der Waals surface area contributed by atoms with Crippen LogP contribution in [0.1, 0.15) is 43.9 Å². The SMILES string of the molecule is CCOC(=O)N1CCC(NC(=O)N2CCC(CN(Cc3ccccc3)Cc3ccccn3)CC2)CC1. The van der Waals surface area contributed by atoms with Gasteiger partial charge >= 0.3 is 12.1 Å². The lowest BCUT2D eigenvalue weighted by molar-refractivity contribution is 0.0944. The number of urea groups is 1. The summed E-state index contributed by atoms with van der Waals surface area (Å²) in [5.74, 6) is 0.550. The van der Waals surface area contributed by atoms with Gasteiger partial charge in [0.15, 0.2) is 0 Å². The molecule has 0 atom stereocenters. The van der Waals surface area contributed by atoms with Crippen molar-refractivity contribution in [2.75, 3.05) is 39.3 Å². The number of piperidine rings is 2. The number of aromatic nitrogens is 1. The van der Waals surface area contributed by atoms with Crippen molar-refractivity contribution in [3.8, 4) is 0 Å². The number of likely N-dealkylation sites (tertiary alicyclic amines) is 2. The maximum Gasteiger partial charge on any atom is 0.409 e. The van der Waals surface area contributed by atoms with E-state index in [9.17, 15) is 9.59 Å². The minimum absolute atomic E-state index is 0.0256. The third-order valence-electron chi connectivity index (χ3n) is 7.13. The van der Waals surface area contributed by atoms with Crippen LogP contribution in [0.2, 0.25) is 0 Å². The highest BCUT2D eigenvalue weighted by molar-refractivity contribution is 5.74. The monoisotopic (exact) mass is 493 g/mol. The highest BCUT2D eigenvalue weighted by Crippen LogP contribution is 2.21. The van der Waals surface area contributed by atoms with Crippen molar-refractivity contribution in [3.05, 3.63) is 66.0 Å². The number of hydrogen-bond acceptors (Lipinski definition) is 5. The van der Waals surface area contributed by atoms with Crippen molar-refractivity contribution in [1.82, 2.24) is 25.0 Å². The van der Waals surface area contributed by atoms with Gasteiger partial charge in [-0.05, 0) is 56.2 Å². The molecule has 2 aromatic rings. The van der Waals surface area contributed by atoms with E-state index in [4.69, 9.17) is 4.74 Å². The summed E-state index contributed by atoms with van der Waals surface area (Å²) in [4.78, 5) is 35.5. The Morgan fingerprint density at radius 2 is 1.64 bits per heavy atom. The van der Waals surface area contributed by atoms with E-state index in [0.717, 1.165) is 64.1 Å². The molecule has 3 heterocycles. The van der Waals surface area contributed by atoms with Gasteiger partial charge in [0.25, 0.3) is 0 Å².